The highest BCUT2D eigenvalue weighted by molar-refractivity contribution is 5.76. The summed E-state index contributed by atoms with van der Waals surface area (Å²) in [5.41, 5.74) is 0. The summed E-state index contributed by atoms with van der Waals surface area (Å²) in [6.07, 6.45) is 61.9. The third-order valence-corrected chi connectivity index (χ3v) is 13.3. The number of carbonyl (C=O) groups excluding carboxylic acids is 2. The van der Waals surface area contributed by atoms with Gasteiger partial charge in [0, 0.05) is 12.8 Å². The maximum Gasteiger partial charge on any atom is 0.305 e. The molecule has 0 fully saturated rings. The molecule has 0 aliphatic heterocycles. The minimum absolute atomic E-state index is 0.00993. The van der Waals surface area contributed by atoms with Crippen molar-refractivity contribution in [2.24, 2.45) is 0 Å². The van der Waals surface area contributed by atoms with Crippen molar-refractivity contribution in [1.82, 2.24) is 5.32 Å². The molecule has 0 heterocycles. The van der Waals surface area contributed by atoms with Crippen LogP contribution >= 0.6 is 0 Å². The van der Waals surface area contributed by atoms with Gasteiger partial charge < -0.3 is 20.3 Å². The maximum absolute atomic E-state index is 12.5. The normalized spacial score (nSPS) is 12.6. The molecule has 0 aliphatic carbocycles. The van der Waals surface area contributed by atoms with E-state index in [0.717, 1.165) is 51.4 Å². The third-order valence-electron chi connectivity index (χ3n) is 13.3. The van der Waals surface area contributed by atoms with E-state index >= 15 is 0 Å². The van der Waals surface area contributed by atoms with Crippen LogP contribution in [0.2, 0.25) is 0 Å². The largest absolute Gasteiger partial charge is 0.466 e. The average molecular weight is 891 g/mol. The van der Waals surface area contributed by atoms with Crippen molar-refractivity contribution < 1.29 is 24.5 Å². The van der Waals surface area contributed by atoms with Gasteiger partial charge in [-0.2, -0.15) is 0 Å². The van der Waals surface area contributed by atoms with E-state index in [-0.39, 0.29) is 18.5 Å². The molecule has 6 nitrogen and oxygen atoms in total. The lowest BCUT2D eigenvalue weighted by molar-refractivity contribution is -0.143. The summed E-state index contributed by atoms with van der Waals surface area (Å²) in [7, 11) is 0. The minimum atomic E-state index is -0.671. The van der Waals surface area contributed by atoms with E-state index < -0.39 is 12.1 Å². The molecule has 2 unspecified atom stereocenters. The van der Waals surface area contributed by atoms with Gasteiger partial charge in [0.2, 0.25) is 5.91 Å². The van der Waals surface area contributed by atoms with Crippen molar-refractivity contribution in [3.63, 3.8) is 0 Å². The molecule has 0 spiro atoms. The number of rotatable bonds is 53. The Hall–Kier alpha value is -1.40. The Kier molecular flexibility index (Phi) is 52.0. The van der Waals surface area contributed by atoms with E-state index in [9.17, 15) is 19.8 Å². The Balaban J connectivity index is 3.44. The lowest BCUT2D eigenvalue weighted by Crippen LogP contribution is -2.45. The summed E-state index contributed by atoms with van der Waals surface area (Å²) in [6.45, 7) is 4.94. The average Bonchev–Trinajstić information content (AvgIpc) is 3.28. The number of ether oxygens (including phenoxy) is 1. The fraction of sp³-hybridized carbons (Fsp3) is 0.930. The number of unbranched alkanes of at least 4 members (excludes halogenated alkanes) is 40. The van der Waals surface area contributed by atoms with Crippen LogP contribution in [0.4, 0.5) is 0 Å². The number of hydrogen-bond acceptors (Lipinski definition) is 5. The SMILES string of the molecule is CCCCCCC/C=C\CCCCCCCC(=O)OCCCCCCCCCCCCCCCCC(=O)NC(CO)C(O)CCCCCCCCCCCCCCCCCCCC. The quantitative estimate of drug-likeness (QED) is 0.0321. The van der Waals surface area contributed by atoms with E-state index in [0.29, 0.717) is 25.9 Å². The van der Waals surface area contributed by atoms with E-state index in [1.807, 2.05) is 0 Å². The lowest BCUT2D eigenvalue weighted by atomic mass is 10.0. The lowest BCUT2D eigenvalue weighted by Gasteiger charge is -2.22. The van der Waals surface area contributed by atoms with Crippen LogP contribution in [0, 0.1) is 0 Å². The Morgan fingerprint density at radius 2 is 0.746 bits per heavy atom. The van der Waals surface area contributed by atoms with Gasteiger partial charge in [-0.3, -0.25) is 9.59 Å². The van der Waals surface area contributed by atoms with Gasteiger partial charge in [-0.25, -0.2) is 0 Å². The molecule has 0 aliphatic rings. The molecular formula is C57H111NO5. The van der Waals surface area contributed by atoms with Crippen molar-refractivity contribution in [1.29, 1.82) is 0 Å². The number of aliphatic hydroxyl groups excluding tert-OH is 2. The molecule has 0 rings (SSSR count). The van der Waals surface area contributed by atoms with Crippen molar-refractivity contribution in [2.45, 2.75) is 328 Å². The van der Waals surface area contributed by atoms with Gasteiger partial charge in [-0.05, 0) is 51.4 Å². The van der Waals surface area contributed by atoms with E-state index in [2.05, 4.69) is 31.3 Å². The van der Waals surface area contributed by atoms with Crippen LogP contribution in [0.25, 0.3) is 0 Å². The van der Waals surface area contributed by atoms with Crippen LogP contribution in [0.1, 0.15) is 316 Å². The molecule has 374 valence electrons. The number of esters is 1. The number of carbonyl (C=O) groups is 2. The van der Waals surface area contributed by atoms with Crippen molar-refractivity contribution in [2.75, 3.05) is 13.2 Å². The monoisotopic (exact) mass is 890 g/mol. The topological polar surface area (TPSA) is 95.9 Å². The summed E-state index contributed by atoms with van der Waals surface area (Å²) in [5, 5.41) is 23.3. The maximum atomic E-state index is 12.5. The Labute approximate surface area is 393 Å². The van der Waals surface area contributed by atoms with Gasteiger partial charge in [0.15, 0.2) is 0 Å². The molecule has 6 heteroatoms. The smallest absolute Gasteiger partial charge is 0.305 e. The zero-order valence-electron chi connectivity index (χ0n) is 42.6. The second-order valence-corrected chi connectivity index (χ2v) is 19.6. The molecule has 0 radical (unpaired) electrons. The number of allylic oxidation sites excluding steroid dienone is 2. The molecule has 1 amide bonds. The van der Waals surface area contributed by atoms with Crippen LogP contribution in [0.15, 0.2) is 12.2 Å². The first-order valence-corrected chi connectivity index (χ1v) is 28.4. The molecule has 2 atom stereocenters. The first-order chi connectivity index (χ1) is 31.0. The molecular weight excluding hydrogens is 779 g/mol. The number of amides is 1. The van der Waals surface area contributed by atoms with E-state index in [1.54, 1.807) is 0 Å². The Morgan fingerprint density at radius 1 is 0.429 bits per heavy atom. The van der Waals surface area contributed by atoms with Gasteiger partial charge in [0.05, 0.1) is 25.4 Å². The van der Waals surface area contributed by atoms with Gasteiger partial charge in [-0.15, -0.1) is 0 Å². The summed E-state index contributed by atoms with van der Waals surface area (Å²) in [6, 6.07) is -0.549. The number of nitrogens with one attached hydrogen (secondary N) is 1. The molecule has 0 aromatic heterocycles. The summed E-state index contributed by atoms with van der Waals surface area (Å²) >= 11 is 0. The molecule has 0 aromatic carbocycles. The predicted octanol–water partition coefficient (Wildman–Crippen LogP) is 17.3. The van der Waals surface area contributed by atoms with Gasteiger partial charge in [0.25, 0.3) is 0 Å². The van der Waals surface area contributed by atoms with Gasteiger partial charge in [0.1, 0.15) is 0 Å². The van der Waals surface area contributed by atoms with E-state index in [4.69, 9.17) is 4.74 Å². The standard InChI is InChI=1S/C57H111NO5/c1-3-5-7-9-11-13-15-17-19-20-21-22-25-29-33-37-41-45-49-55(60)54(53-59)58-56(61)50-46-42-38-34-30-26-23-24-28-32-36-40-44-48-52-63-57(62)51-47-43-39-35-31-27-18-16-14-12-10-8-6-4-2/h16,18,54-55,59-60H,3-15,17,19-53H2,1-2H3,(H,58,61)/b18-16-. The summed E-state index contributed by atoms with van der Waals surface area (Å²) < 4.78 is 5.46. The Morgan fingerprint density at radius 3 is 1.13 bits per heavy atom. The fourth-order valence-corrected chi connectivity index (χ4v) is 8.93. The molecule has 0 saturated carbocycles. The zero-order chi connectivity index (χ0) is 45.8. The predicted molar refractivity (Wildman–Crippen MR) is 273 cm³/mol. The van der Waals surface area contributed by atoms with Crippen LogP contribution in [-0.2, 0) is 14.3 Å². The van der Waals surface area contributed by atoms with Crippen LogP contribution < -0.4 is 5.32 Å². The van der Waals surface area contributed by atoms with Crippen molar-refractivity contribution in [3.8, 4) is 0 Å². The molecule has 63 heavy (non-hydrogen) atoms. The zero-order valence-corrected chi connectivity index (χ0v) is 42.6. The molecule has 0 bridgehead atoms. The van der Waals surface area contributed by atoms with Gasteiger partial charge >= 0.3 is 5.97 Å². The third kappa shape index (κ3) is 49.9. The van der Waals surface area contributed by atoms with Gasteiger partial charge in [-0.1, -0.05) is 264 Å². The highest BCUT2D eigenvalue weighted by Crippen LogP contribution is 2.17. The van der Waals surface area contributed by atoms with Crippen LogP contribution in [-0.4, -0.2) is 47.4 Å². The minimum Gasteiger partial charge on any atom is -0.466 e. The number of aliphatic hydroxyl groups is 2. The Bertz CT molecular complexity index is 939. The van der Waals surface area contributed by atoms with Crippen LogP contribution in [0.3, 0.4) is 0 Å². The highest BCUT2D eigenvalue weighted by Gasteiger charge is 2.20. The van der Waals surface area contributed by atoms with Crippen molar-refractivity contribution >= 4 is 11.9 Å². The highest BCUT2D eigenvalue weighted by atomic mass is 16.5. The molecule has 0 aromatic rings. The summed E-state index contributed by atoms with van der Waals surface area (Å²) in [4.78, 5) is 24.5. The van der Waals surface area contributed by atoms with Crippen LogP contribution in [0.5, 0.6) is 0 Å². The first kappa shape index (κ1) is 61.6. The number of hydrogen-bond donors (Lipinski definition) is 3. The molecule has 3 N–H and O–H groups in total. The fourth-order valence-electron chi connectivity index (χ4n) is 8.93. The molecule has 0 saturated heterocycles. The second-order valence-electron chi connectivity index (χ2n) is 19.6. The van der Waals surface area contributed by atoms with E-state index in [1.165, 1.54) is 231 Å². The second kappa shape index (κ2) is 53.2. The summed E-state index contributed by atoms with van der Waals surface area (Å²) in [5.74, 6) is -0.0530. The van der Waals surface area contributed by atoms with Crippen molar-refractivity contribution in [3.05, 3.63) is 12.2 Å². The first-order valence-electron chi connectivity index (χ1n) is 28.4.